The maximum Gasteiger partial charge on any atom is 0.223 e. The van der Waals surface area contributed by atoms with Crippen molar-refractivity contribution in [2.75, 3.05) is 18.4 Å². The second kappa shape index (κ2) is 4.99. The van der Waals surface area contributed by atoms with E-state index in [1.165, 1.54) is 6.42 Å². The summed E-state index contributed by atoms with van der Waals surface area (Å²) in [7, 11) is 0. The molecule has 1 aliphatic rings. The Bertz CT molecular complexity index is 174. The van der Waals surface area contributed by atoms with Crippen LogP contribution >= 0.6 is 15.9 Å². The summed E-state index contributed by atoms with van der Waals surface area (Å²) in [4.78, 5) is 13.6. The minimum absolute atomic E-state index is 0.301. The number of piperidine rings is 1. The monoisotopic (exact) mass is 247 g/mol. The maximum atomic E-state index is 11.6. The smallest absolute Gasteiger partial charge is 0.223 e. The molecule has 1 saturated heterocycles. The van der Waals surface area contributed by atoms with E-state index >= 15 is 0 Å². The zero-order valence-corrected chi connectivity index (χ0v) is 10.0. The van der Waals surface area contributed by atoms with Crippen LogP contribution in [0.15, 0.2) is 0 Å². The number of carbonyl (C=O) groups excluding carboxylic acids is 1. The fourth-order valence-corrected chi connectivity index (χ4v) is 2.44. The molecule has 13 heavy (non-hydrogen) atoms. The lowest BCUT2D eigenvalue weighted by molar-refractivity contribution is -0.133. The number of rotatable bonds is 2. The highest BCUT2D eigenvalue weighted by Crippen LogP contribution is 2.21. The van der Waals surface area contributed by atoms with Crippen LogP contribution in [-0.2, 0) is 4.79 Å². The van der Waals surface area contributed by atoms with Crippen molar-refractivity contribution in [3.8, 4) is 0 Å². The molecule has 0 aromatic rings. The van der Waals surface area contributed by atoms with Gasteiger partial charge in [0.1, 0.15) is 0 Å². The number of halogens is 1. The number of carbonyl (C=O) groups is 1. The summed E-state index contributed by atoms with van der Waals surface area (Å²) >= 11 is 3.30. The number of alkyl halides is 1. The van der Waals surface area contributed by atoms with Gasteiger partial charge in [0.15, 0.2) is 0 Å². The predicted octanol–water partition coefficient (Wildman–Crippen LogP) is 2.28. The van der Waals surface area contributed by atoms with E-state index in [2.05, 4.69) is 29.8 Å². The molecule has 1 heterocycles. The minimum Gasteiger partial charge on any atom is -0.342 e. The van der Waals surface area contributed by atoms with E-state index in [4.69, 9.17) is 0 Å². The molecule has 0 bridgehead atoms. The van der Waals surface area contributed by atoms with Crippen molar-refractivity contribution >= 4 is 21.8 Å². The Morgan fingerprint density at radius 1 is 1.38 bits per heavy atom. The van der Waals surface area contributed by atoms with Crippen molar-refractivity contribution in [1.29, 1.82) is 0 Å². The zero-order chi connectivity index (χ0) is 9.84. The molecule has 0 spiro atoms. The van der Waals surface area contributed by atoms with Gasteiger partial charge in [0.05, 0.1) is 0 Å². The SMILES string of the molecule is CC1CC(C)CN(C(=O)CCBr)C1. The predicted molar refractivity (Wildman–Crippen MR) is 57.9 cm³/mol. The maximum absolute atomic E-state index is 11.6. The van der Waals surface area contributed by atoms with Gasteiger partial charge in [0.2, 0.25) is 5.91 Å². The molecule has 2 unspecified atom stereocenters. The van der Waals surface area contributed by atoms with E-state index in [-0.39, 0.29) is 0 Å². The van der Waals surface area contributed by atoms with Gasteiger partial charge >= 0.3 is 0 Å². The summed E-state index contributed by atoms with van der Waals surface area (Å²) in [5, 5.41) is 0.783. The Hall–Kier alpha value is -0.0500. The van der Waals surface area contributed by atoms with E-state index in [9.17, 15) is 4.79 Å². The molecule has 1 amide bonds. The summed E-state index contributed by atoms with van der Waals surface area (Å²) in [6, 6.07) is 0. The fraction of sp³-hybridized carbons (Fsp3) is 0.900. The Labute approximate surface area is 88.8 Å². The van der Waals surface area contributed by atoms with Gasteiger partial charge in [-0.05, 0) is 18.3 Å². The molecule has 76 valence electrons. The van der Waals surface area contributed by atoms with Gasteiger partial charge in [-0.3, -0.25) is 4.79 Å². The van der Waals surface area contributed by atoms with Gasteiger partial charge in [-0.15, -0.1) is 0 Å². The van der Waals surface area contributed by atoms with Gasteiger partial charge in [-0.2, -0.15) is 0 Å². The Morgan fingerprint density at radius 2 is 1.92 bits per heavy atom. The topological polar surface area (TPSA) is 20.3 Å². The molecule has 0 radical (unpaired) electrons. The van der Waals surface area contributed by atoms with Crippen LogP contribution in [-0.4, -0.2) is 29.2 Å². The third-order valence-corrected chi connectivity index (χ3v) is 2.93. The molecule has 1 aliphatic heterocycles. The first kappa shape index (κ1) is 11.0. The highest BCUT2D eigenvalue weighted by Gasteiger charge is 2.24. The van der Waals surface area contributed by atoms with Crippen LogP contribution in [0.5, 0.6) is 0 Å². The van der Waals surface area contributed by atoms with Crippen LogP contribution < -0.4 is 0 Å². The molecule has 2 nitrogen and oxygen atoms in total. The van der Waals surface area contributed by atoms with Crippen LogP contribution in [0.25, 0.3) is 0 Å². The quantitative estimate of drug-likeness (QED) is 0.686. The molecule has 0 N–H and O–H groups in total. The number of nitrogens with zero attached hydrogens (tertiary/aromatic N) is 1. The molecule has 0 aliphatic carbocycles. The zero-order valence-electron chi connectivity index (χ0n) is 8.42. The second-order valence-electron chi connectivity index (χ2n) is 4.18. The summed E-state index contributed by atoms with van der Waals surface area (Å²) < 4.78 is 0. The van der Waals surface area contributed by atoms with Crippen molar-refractivity contribution < 1.29 is 4.79 Å². The normalized spacial score (nSPS) is 29.0. The van der Waals surface area contributed by atoms with E-state index in [1.54, 1.807) is 0 Å². The van der Waals surface area contributed by atoms with Gasteiger partial charge in [0, 0.05) is 24.8 Å². The van der Waals surface area contributed by atoms with E-state index in [0.29, 0.717) is 24.2 Å². The van der Waals surface area contributed by atoms with Crippen molar-refractivity contribution in [2.24, 2.45) is 11.8 Å². The first-order valence-corrected chi connectivity index (χ1v) is 6.09. The Kier molecular flexibility index (Phi) is 4.23. The highest BCUT2D eigenvalue weighted by atomic mass is 79.9. The molecule has 1 rings (SSSR count). The van der Waals surface area contributed by atoms with Gasteiger partial charge in [0.25, 0.3) is 0 Å². The third kappa shape index (κ3) is 3.29. The minimum atomic E-state index is 0.301. The lowest BCUT2D eigenvalue weighted by atomic mass is 9.92. The molecular weight excluding hydrogens is 230 g/mol. The van der Waals surface area contributed by atoms with E-state index in [1.807, 2.05) is 4.90 Å². The van der Waals surface area contributed by atoms with Crippen molar-refractivity contribution in [2.45, 2.75) is 26.7 Å². The number of hydrogen-bond acceptors (Lipinski definition) is 1. The molecule has 0 aromatic heterocycles. The van der Waals surface area contributed by atoms with E-state index < -0.39 is 0 Å². The second-order valence-corrected chi connectivity index (χ2v) is 4.98. The summed E-state index contributed by atoms with van der Waals surface area (Å²) in [5.41, 5.74) is 0. The molecule has 2 atom stereocenters. The molecule has 3 heteroatoms. The van der Waals surface area contributed by atoms with Crippen molar-refractivity contribution in [3.63, 3.8) is 0 Å². The van der Waals surface area contributed by atoms with E-state index in [0.717, 1.165) is 18.4 Å². The van der Waals surface area contributed by atoms with Crippen LogP contribution in [0, 0.1) is 11.8 Å². The van der Waals surface area contributed by atoms with Gasteiger partial charge in [-0.1, -0.05) is 29.8 Å². The molecule has 0 aromatic carbocycles. The molecular formula is C10H18BrNO. The highest BCUT2D eigenvalue weighted by molar-refractivity contribution is 9.09. The van der Waals surface area contributed by atoms with Crippen LogP contribution in [0.3, 0.4) is 0 Å². The largest absolute Gasteiger partial charge is 0.342 e. The average molecular weight is 248 g/mol. The van der Waals surface area contributed by atoms with Crippen LogP contribution in [0.4, 0.5) is 0 Å². The average Bonchev–Trinajstić information content (AvgIpc) is 2.03. The Morgan fingerprint density at radius 3 is 2.38 bits per heavy atom. The van der Waals surface area contributed by atoms with Gasteiger partial charge in [-0.25, -0.2) is 0 Å². The standard InChI is InChI=1S/C10H18BrNO/c1-8-5-9(2)7-12(6-8)10(13)3-4-11/h8-9H,3-7H2,1-2H3. The molecule has 0 saturated carbocycles. The lowest BCUT2D eigenvalue weighted by Crippen LogP contribution is -2.42. The number of hydrogen-bond donors (Lipinski definition) is 0. The number of likely N-dealkylation sites (tertiary alicyclic amines) is 1. The summed E-state index contributed by atoms with van der Waals surface area (Å²) in [6.45, 7) is 6.36. The summed E-state index contributed by atoms with van der Waals surface area (Å²) in [6.07, 6.45) is 1.90. The molecule has 1 fully saturated rings. The first-order valence-electron chi connectivity index (χ1n) is 4.97. The number of amides is 1. The summed E-state index contributed by atoms with van der Waals surface area (Å²) in [5.74, 6) is 1.64. The van der Waals surface area contributed by atoms with Crippen molar-refractivity contribution in [3.05, 3.63) is 0 Å². The first-order chi connectivity index (χ1) is 6.13. The Balaban J connectivity index is 2.45. The fourth-order valence-electron chi connectivity index (χ4n) is 2.11. The van der Waals surface area contributed by atoms with Crippen LogP contribution in [0.2, 0.25) is 0 Å². The lowest BCUT2D eigenvalue weighted by Gasteiger charge is -2.35. The third-order valence-electron chi connectivity index (χ3n) is 2.53. The van der Waals surface area contributed by atoms with Crippen LogP contribution in [0.1, 0.15) is 26.7 Å². The van der Waals surface area contributed by atoms with Crippen molar-refractivity contribution in [1.82, 2.24) is 4.90 Å². The van der Waals surface area contributed by atoms with Gasteiger partial charge < -0.3 is 4.90 Å².